The Hall–Kier alpha value is -3.46. The van der Waals surface area contributed by atoms with Gasteiger partial charge in [-0.2, -0.15) is 9.78 Å². The molecule has 2 aromatic carbocycles. The van der Waals surface area contributed by atoms with Crippen LogP contribution in [0.15, 0.2) is 57.4 Å². The van der Waals surface area contributed by atoms with E-state index in [0.717, 1.165) is 10.0 Å². The second kappa shape index (κ2) is 11.5. The lowest BCUT2D eigenvalue weighted by Crippen LogP contribution is -2.29. The molecule has 0 saturated heterocycles. The Morgan fingerprint density at radius 2 is 1.97 bits per heavy atom. The van der Waals surface area contributed by atoms with Crippen molar-refractivity contribution in [1.29, 1.82) is 0 Å². The van der Waals surface area contributed by atoms with E-state index in [0.29, 0.717) is 46.8 Å². The van der Waals surface area contributed by atoms with Crippen molar-refractivity contribution in [3.8, 4) is 11.5 Å². The van der Waals surface area contributed by atoms with Crippen LogP contribution < -0.4 is 15.0 Å². The lowest BCUT2D eigenvalue weighted by atomic mass is 9.95. The van der Waals surface area contributed by atoms with Crippen molar-refractivity contribution in [2.24, 2.45) is 5.10 Å². The SMILES string of the molecule is C=CCc1cc(C=Nn2c(C(C)(C)C)nc3ccc(Br)cc3c2=O)cc(OCC)c1OCC(=O)OC. The molecule has 0 aliphatic rings. The molecule has 0 N–H and O–H groups in total. The van der Waals surface area contributed by atoms with Crippen molar-refractivity contribution in [2.45, 2.75) is 39.5 Å². The van der Waals surface area contributed by atoms with Gasteiger partial charge in [0, 0.05) is 15.5 Å². The number of fused-ring (bicyclic) bond motifs is 1. The molecular formula is C27H30BrN3O5. The van der Waals surface area contributed by atoms with Crippen molar-refractivity contribution < 1.29 is 19.0 Å². The average molecular weight is 556 g/mol. The Morgan fingerprint density at radius 1 is 1.22 bits per heavy atom. The molecule has 9 heteroatoms. The molecule has 3 rings (SSSR count). The third kappa shape index (κ3) is 6.20. The summed E-state index contributed by atoms with van der Waals surface area (Å²) in [6.45, 7) is 11.7. The number of hydrogen-bond donors (Lipinski definition) is 0. The van der Waals surface area contributed by atoms with Gasteiger partial charge in [-0.15, -0.1) is 6.58 Å². The van der Waals surface area contributed by atoms with Crippen LogP contribution in [0.1, 0.15) is 44.6 Å². The molecule has 1 aromatic heterocycles. The number of benzene rings is 2. The summed E-state index contributed by atoms with van der Waals surface area (Å²) in [4.78, 5) is 29.8. The summed E-state index contributed by atoms with van der Waals surface area (Å²) in [6, 6.07) is 9.01. The lowest BCUT2D eigenvalue weighted by Gasteiger charge is -2.21. The fourth-order valence-electron chi connectivity index (χ4n) is 3.55. The first-order valence-corrected chi connectivity index (χ1v) is 12.3. The monoisotopic (exact) mass is 555 g/mol. The number of carbonyl (C=O) groups excluding carboxylic acids is 1. The molecule has 0 radical (unpaired) electrons. The van der Waals surface area contributed by atoms with E-state index in [1.165, 1.54) is 11.8 Å². The number of ether oxygens (including phenoxy) is 3. The zero-order valence-electron chi connectivity index (χ0n) is 21.1. The number of halogens is 1. The summed E-state index contributed by atoms with van der Waals surface area (Å²) in [5.41, 5.74) is 1.34. The Labute approximate surface area is 218 Å². The van der Waals surface area contributed by atoms with Gasteiger partial charge in [-0.25, -0.2) is 9.78 Å². The van der Waals surface area contributed by atoms with Crippen LogP contribution in [0, 0.1) is 0 Å². The van der Waals surface area contributed by atoms with Gasteiger partial charge in [-0.1, -0.05) is 42.8 Å². The standard InChI is InChI=1S/C27H30BrN3O5/c1-7-9-18-12-17(13-22(35-8-2)24(18)36-16-23(32)34-6)15-29-31-25(33)20-14-19(28)10-11-21(20)30-26(31)27(3,4)5/h7,10-15H,1,8-9,16H2,2-6H3. The van der Waals surface area contributed by atoms with E-state index in [1.54, 1.807) is 24.4 Å². The smallest absolute Gasteiger partial charge is 0.343 e. The van der Waals surface area contributed by atoms with E-state index in [1.807, 2.05) is 45.9 Å². The van der Waals surface area contributed by atoms with E-state index in [9.17, 15) is 9.59 Å². The maximum atomic E-state index is 13.4. The van der Waals surface area contributed by atoms with Gasteiger partial charge in [0.1, 0.15) is 5.82 Å². The summed E-state index contributed by atoms with van der Waals surface area (Å²) in [5.74, 6) is 0.917. The number of esters is 1. The van der Waals surface area contributed by atoms with Crippen molar-refractivity contribution in [1.82, 2.24) is 9.66 Å². The number of hydrogen-bond acceptors (Lipinski definition) is 7. The number of nitrogens with zero attached hydrogens (tertiary/aromatic N) is 3. The Morgan fingerprint density at radius 3 is 2.61 bits per heavy atom. The maximum Gasteiger partial charge on any atom is 0.343 e. The molecule has 0 bridgehead atoms. The van der Waals surface area contributed by atoms with Crippen LogP contribution in [0.25, 0.3) is 10.9 Å². The van der Waals surface area contributed by atoms with Gasteiger partial charge in [0.25, 0.3) is 5.56 Å². The van der Waals surface area contributed by atoms with Gasteiger partial charge in [-0.05, 0) is 49.2 Å². The summed E-state index contributed by atoms with van der Waals surface area (Å²) in [6.07, 6.45) is 3.78. The predicted octanol–water partition coefficient (Wildman–Crippen LogP) is 5.02. The third-order valence-corrected chi connectivity index (χ3v) is 5.67. The van der Waals surface area contributed by atoms with Gasteiger partial charge in [0.05, 0.1) is 30.8 Å². The van der Waals surface area contributed by atoms with Crippen LogP contribution in [-0.2, 0) is 21.4 Å². The second-order valence-corrected chi connectivity index (χ2v) is 9.92. The molecule has 1 heterocycles. The predicted molar refractivity (Wildman–Crippen MR) is 144 cm³/mol. The molecule has 0 amide bonds. The van der Waals surface area contributed by atoms with Crippen LogP contribution in [0.2, 0.25) is 0 Å². The van der Waals surface area contributed by atoms with Gasteiger partial charge >= 0.3 is 5.97 Å². The minimum absolute atomic E-state index is 0.253. The van der Waals surface area contributed by atoms with Crippen molar-refractivity contribution >= 4 is 39.0 Å². The molecular weight excluding hydrogens is 526 g/mol. The van der Waals surface area contributed by atoms with Gasteiger partial charge < -0.3 is 14.2 Å². The quantitative estimate of drug-likeness (QED) is 0.209. The maximum absolute atomic E-state index is 13.4. The highest BCUT2D eigenvalue weighted by Gasteiger charge is 2.23. The van der Waals surface area contributed by atoms with Crippen molar-refractivity contribution in [3.63, 3.8) is 0 Å². The van der Waals surface area contributed by atoms with Crippen LogP contribution in [0.3, 0.4) is 0 Å². The van der Waals surface area contributed by atoms with Crippen molar-refractivity contribution in [2.75, 3.05) is 20.3 Å². The zero-order chi connectivity index (χ0) is 26.5. The molecule has 0 atom stereocenters. The van der Waals surface area contributed by atoms with E-state index in [-0.39, 0.29) is 12.2 Å². The third-order valence-electron chi connectivity index (χ3n) is 5.18. The normalized spacial score (nSPS) is 11.6. The van der Waals surface area contributed by atoms with Crippen LogP contribution >= 0.6 is 15.9 Å². The fourth-order valence-corrected chi connectivity index (χ4v) is 3.91. The number of allylic oxidation sites excluding steroid dienone is 1. The molecule has 3 aromatic rings. The molecule has 190 valence electrons. The molecule has 0 aliphatic carbocycles. The summed E-state index contributed by atoms with van der Waals surface area (Å²) in [7, 11) is 1.30. The molecule has 36 heavy (non-hydrogen) atoms. The largest absolute Gasteiger partial charge is 0.490 e. The molecule has 0 aliphatic heterocycles. The average Bonchev–Trinajstić information content (AvgIpc) is 2.82. The summed E-state index contributed by atoms with van der Waals surface area (Å²) < 4.78 is 18.3. The molecule has 0 fully saturated rings. The first kappa shape index (κ1) is 27.1. The van der Waals surface area contributed by atoms with E-state index < -0.39 is 11.4 Å². The first-order valence-electron chi connectivity index (χ1n) is 11.5. The number of carbonyl (C=O) groups is 1. The number of aromatic nitrogens is 2. The highest BCUT2D eigenvalue weighted by Crippen LogP contribution is 2.34. The number of rotatable bonds is 9. The van der Waals surface area contributed by atoms with Gasteiger partial charge in [0.2, 0.25) is 0 Å². The van der Waals surface area contributed by atoms with E-state index in [4.69, 9.17) is 14.5 Å². The summed E-state index contributed by atoms with van der Waals surface area (Å²) in [5, 5.41) is 5.01. The second-order valence-electron chi connectivity index (χ2n) is 9.01. The van der Waals surface area contributed by atoms with Crippen LogP contribution in [0.4, 0.5) is 0 Å². The van der Waals surface area contributed by atoms with Crippen LogP contribution in [0.5, 0.6) is 11.5 Å². The first-order chi connectivity index (χ1) is 17.1. The van der Waals surface area contributed by atoms with Gasteiger partial charge in [0.15, 0.2) is 18.1 Å². The topological polar surface area (TPSA) is 92.0 Å². The molecule has 8 nitrogen and oxygen atoms in total. The van der Waals surface area contributed by atoms with E-state index >= 15 is 0 Å². The summed E-state index contributed by atoms with van der Waals surface area (Å²) >= 11 is 3.43. The highest BCUT2D eigenvalue weighted by atomic mass is 79.9. The molecule has 0 unspecified atom stereocenters. The zero-order valence-corrected chi connectivity index (χ0v) is 22.7. The Balaban J connectivity index is 2.15. The van der Waals surface area contributed by atoms with Crippen molar-refractivity contribution in [3.05, 3.63) is 74.8 Å². The Kier molecular flexibility index (Phi) is 8.68. The molecule has 0 spiro atoms. The Bertz CT molecular complexity index is 1370. The fraction of sp³-hybridized carbons (Fsp3) is 0.333. The van der Waals surface area contributed by atoms with Gasteiger partial charge in [-0.3, -0.25) is 4.79 Å². The van der Waals surface area contributed by atoms with Crippen LogP contribution in [-0.4, -0.2) is 42.2 Å². The highest BCUT2D eigenvalue weighted by molar-refractivity contribution is 9.10. The minimum Gasteiger partial charge on any atom is -0.490 e. The molecule has 0 saturated carbocycles. The minimum atomic E-state index is -0.503. The van der Waals surface area contributed by atoms with E-state index in [2.05, 4.69) is 32.3 Å². The lowest BCUT2D eigenvalue weighted by molar-refractivity contribution is -0.142. The number of methoxy groups -OCH3 is 1.